The molecule has 0 radical (unpaired) electrons. The van der Waals surface area contributed by atoms with Crippen molar-refractivity contribution in [3.8, 4) is 0 Å². The molecule has 0 saturated heterocycles. The molecule has 1 aliphatic heterocycles. The molecule has 1 heterocycles. The van der Waals surface area contributed by atoms with Crippen molar-refractivity contribution in [1.82, 2.24) is 0 Å². The maximum Gasteiger partial charge on any atom is 0.228 e. The maximum absolute atomic E-state index is 13.1. The summed E-state index contributed by atoms with van der Waals surface area (Å²) in [4.78, 5) is 23.4. The monoisotopic (exact) mass is 273 g/mol. The zero-order valence-electron chi connectivity index (χ0n) is 10.2. The van der Waals surface area contributed by atoms with E-state index in [2.05, 4.69) is 5.32 Å². The second kappa shape index (κ2) is 4.52. The minimum Gasteiger partial charge on any atom is -0.326 e. The second-order valence-corrected chi connectivity index (χ2v) is 4.55. The van der Waals surface area contributed by atoms with E-state index in [4.69, 9.17) is 0 Å². The summed E-state index contributed by atoms with van der Waals surface area (Å²) in [7, 11) is 0. The van der Waals surface area contributed by atoms with Gasteiger partial charge >= 0.3 is 0 Å². The number of benzene rings is 2. The molecule has 0 saturated carbocycles. The van der Waals surface area contributed by atoms with Gasteiger partial charge in [-0.05, 0) is 42.0 Å². The maximum atomic E-state index is 13.1. The molecular formula is C15H9F2NO2. The fraction of sp³-hybridized carbons (Fsp3) is 0.0667. The number of hydrogen-bond donors (Lipinski definition) is 1. The van der Waals surface area contributed by atoms with Gasteiger partial charge in [0.15, 0.2) is 17.4 Å². The van der Waals surface area contributed by atoms with E-state index in [0.717, 1.165) is 17.7 Å². The SMILES string of the molecule is O=C1Cc2cc(C(=O)c3ccc(F)c(F)c3)ccc2N1. The number of hydrogen-bond acceptors (Lipinski definition) is 2. The second-order valence-electron chi connectivity index (χ2n) is 4.55. The number of amides is 1. The van der Waals surface area contributed by atoms with E-state index in [-0.39, 0.29) is 17.9 Å². The average molecular weight is 273 g/mol. The van der Waals surface area contributed by atoms with Gasteiger partial charge in [-0.2, -0.15) is 0 Å². The van der Waals surface area contributed by atoms with Gasteiger partial charge in [0.1, 0.15) is 0 Å². The summed E-state index contributed by atoms with van der Waals surface area (Å²) < 4.78 is 26.0. The summed E-state index contributed by atoms with van der Waals surface area (Å²) in [5, 5.41) is 2.66. The summed E-state index contributed by atoms with van der Waals surface area (Å²) >= 11 is 0. The lowest BCUT2D eigenvalue weighted by Crippen LogP contribution is -2.03. The molecule has 2 aromatic carbocycles. The number of ketones is 1. The van der Waals surface area contributed by atoms with E-state index in [9.17, 15) is 18.4 Å². The highest BCUT2D eigenvalue weighted by molar-refractivity contribution is 6.10. The van der Waals surface area contributed by atoms with Crippen molar-refractivity contribution >= 4 is 17.4 Å². The molecule has 0 unspecified atom stereocenters. The van der Waals surface area contributed by atoms with E-state index < -0.39 is 17.4 Å². The molecule has 0 spiro atoms. The minimum absolute atomic E-state index is 0.0705. The van der Waals surface area contributed by atoms with Crippen LogP contribution in [-0.2, 0) is 11.2 Å². The largest absolute Gasteiger partial charge is 0.326 e. The third kappa shape index (κ3) is 2.07. The Kier molecular flexibility index (Phi) is 2.82. The van der Waals surface area contributed by atoms with Crippen molar-refractivity contribution in [1.29, 1.82) is 0 Å². The zero-order valence-corrected chi connectivity index (χ0v) is 10.2. The smallest absolute Gasteiger partial charge is 0.228 e. The van der Waals surface area contributed by atoms with Gasteiger partial charge in [-0.25, -0.2) is 8.78 Å². The fourth-order valence-electron chi connectivity index (χ4n) is 2.17. The molecule has 0 atom stereocenters. The van der Waals surface area contributed by atoms with Gasteiger partial charge in [-0.1, -0.05) is 0 Å². The summed E-state index contributed by atoms with van der Waals surface area (Å²) in [6, 6.07) is 7.80. The first-order valence-electron chi connectivity index (χ1n) is 5.97. The van der Waals surface area contributed by atoms with E-state index in [1.807, 2.05) is 0 Å². The Morgan fingerprint density at radius 2 is 1.70 bits per heavy atom. The number of anilines is 1. The van der Waals surface area contributed by atoms with Gasteiger partial charge in [0, 0.05) is 16.8 Å². The Morgan fingerprint density at radius 3 is 2.45 bits per heavy atom. The molecular weight excluding hydrogens is 264 g/mol. The molecule has 3 rings (SSSR count). The number of rotatable bonds is 2. The average Bonchev–Trinajstić information content (AvgIpc) is 2.80. The summed E-state index contributed by atoms with van der Waals surface area (Å²) in [6.45, 7) is 0. The van der Waals surface area contributed by atoms with Gasteiger partial charge < -0.3 is 5.32 Å². The lowest BCUT2D eigenvalue weighted by atomic mass is 10.00. The van der Waals surface area contributed by atoms with Crippen LogP contribution in [0.3, 0.4) is 0 Å². The van der Waals surface area contributed by atoms with Crippen LogP contribution in [0.15, 0.2) is 36.4 Å². The lowest BCUT2D eigenvalue weighted by molar-refractivity contribution is -0.115. The zero-order chi connectivity index (χ0) is 14.3. The normalized spacial score (nSPS) is 13.0. The van der Waals surface area contributed by atoms with Gasteiger partial charge in [0.2, 0.25) is 5.91 Å². The first-order valence-corrected chi connectivity index (χ1v) is 5.97. The van der Waals surface area contributed by atoms with E-state index >= 15 is 0 Å². The predicted molar refractivity (Wildman–Crippen MR) is 68.6 cm³/mol. The van der Waals surface area contributed by atoms with Crippen LogP contribution in [0.5, 0.6) is 0 Å². The van der Waals surface area contributed by atoms with Crippen molar-refractivity contribution in [2.45, 2.75) is 6.42 Å². The highest BCUT2D eigenvalue weighted by Gasteiger charge is 2.20. The summed E-state index contributed by atoms with van der Waals surface area (Å²) in [5.41, 5.74) is 1.81. The molecule has 20 heavy (non-hydrogen) atoms. The van der Waals surface area contributed by atoms with Crippen molar-refractivity contribution < 1.29 is 18.4 Å². The van der Waals surface area contributed by atoms with Crippen LogP contribution < -0.4 is 5.32 Å². The number of carbonyl (C=O) groups is 2. The topological polar surface area (TPSA) is 46.2 Å². The lowest BCUT2D eigenvalue weighted by Gasteiger charge is -2.04. The number of halogens is 2. The van der Waals surface area contributed by atoms with Crippen LogP contribution in [0, 0.1) is 11.6 Å². The molecule has 0 bridgehead atoms. The molecule has 3 nitrogen and oxygen atoms in total. The van der Waals surface area contributed by atoms with Crippen LogP contribution in [0.25, 0.3) is 0 Å². The Hall–Kier alpha value is -2.56. The Labute approximate surface area is 113 Å². The number of carbonyl (C=O) groups excluding carboxylic acids is 2. The number of fused-ring (bicyclic) bond motifs is 1. The highest BCUT2D eigenvalue weighted by Crippen LogP contribution is 2.25. The molecule has 0 aromatic heterocycles. The highest BCUT2D eigenvalue weighted by atomic mass is 19.2. The standard InChI is InChI=1S/C15H9F2NO2/c16-11-3-1-9(6-12(11)17)15(20)8-2-4-13-10(5-8)7-14(19)18-13/h1-6H,7H2,(H,18,19). The fourth-order valence-corrected chi connectivity index (χ4v) is 2.17. The third-order valence-electron chi connectivity index (χ3n) is 3.17. The minimum atomic E-state index is -1.06. The molecule has 1 amide bonds. The third-order valence-corrected chi connectivity index (χ3v) is 3.17. The van der Waals surface area contributed by atoms with Crippen LogP contribution in [0.2, 0.25) is 0 Å². The Bertz CT molecular complexity index is 741. The van der Waals surface area contributed by atoms with Crippen molar-refractivity contribution in [3.63, 3.8) is 0 Å². The Morgan fingerprint density at radius 1 is 1.00 bits per heavy atom. The van der Waals surface area contributed by atoms with E-state index in [0.29, 0.717) is 11.3 Å². The van der Waals surface area contributed by atoms with Gasteiger partial charge in [0.05, 0.1) is 6.42 Å². The molecule has 1 N–H and O–H groups in total. The molecule has 100 valence electrons. The van der Waals surface area contributed by atoms with Crippen molar-refractivity contribution in [3.05, 3.63) is 64.7 Å². The van der Waals surface area contributed by atoms with Crippen LogP contribution in [0.1, 0.15) is 21.5 Å². The summed E-state index contributed by atoms with van der Waals surface area (Å²) in [6.07, 6.45) is 0.217. The van der Waals surface area contributed by atoms with Crippen LogP contribution in [-0.4, -0.2) is 11.7 Å². The number of nitrogens with one attached hydrogen (secondary N) is 1. The van der Waals surface area contributed by atoms with Crippen molar-refractivity contribution in [2.75, 3.05) is 5.32 Å². The van der Waals surface area contributed by atoms with Gasteiger partial charge in [0.25, 0.3) is 0 Å². The molecule has 2 aromatic rings. The van der Waals surface area contributed by atoms with Crippen LogP contribution >= 0.6 is 0 Å². The first-order chi connectivity index (χ1) is 9.54. The van der Waals surface area contributed by atoms with Gasteiger partial charge in [-0.15, -0.1) is 0 Å². The summed E-state index contributed by atoms with van der Waals surface area (Å²) in [5.74, 6) is -2.59. The Balaban J connectivity index is 1.97. The molecule has 0 fully saturated rings. The van der Waals surface area contributed by atoms with E-state index in [1.54, 1.807) is 18.2 Å². The van der Waals surface area contributed by atoms with Crippen molar-refractivity contribution in [2.24, 2.45) is 0 Å². The van der Waals surface area contributed by atoms with E-state index in [1.165, 1.54) is 6.07 Å². The van der Waals surface area contributed by atoms with Gasteiger partial charge in [-0.3, -0.25) is 9.59 Å². The predicted octanol–water partition coefficient (Wildman–Crippen LogP) is 2.69. The van der Waals surface area contributed by atoms with Crippen LogP contribution in [0.4, 0.5) is 14.5 Å². The quantitative estimate of drug-likeness (QED) is 0.855. The molecule has 0 aliphatic carbocycles. The molecule has 5 heteroatoms. The molecule has 1 aliphatic rings. The first kappa shape index (κ1) is 12.5.